The Morgan fingerprint density at radius 2 is 2.11 bits per heavy atom. The Balaban J connectivity index is 1.69. The van der Waals surface area contributed by atoms with E-state index in [1.165, 1.54) is 12.3 Å². The van der Waals surface area contributed by atoms with Gasteiger partial charge in [-0.3, -0.25) is 9.36 Å². The summed E-state index contributed by atoms with van der Waals surface area (Å²) in [5.74, 6) is 0.649. The largest absolute Gasteiger partial charge is 0.394 e. The molecule has 0 amide bonds. The highest BCUT2D eigenvalue weighted by molar-refractivity contribution is 6.30. The fourth-order valence-electron chi connectivity index (χ4n) is 4.57. The van der Waals surface area contributed by atoms with Crippen LogP contribution >= 0.6 is 11.6 Å². The van der Waals surface area contributed by atoms with E-state index in [9.17, 15) is 4.79 Å². The van der Waals surface area contributed by atoms with Crippen molar-refractivity contribution < 1.29 is 9.13 Å². The lowest BCUT2D eigenvalue weighted by Crippen LogP contribution is -2.44. The third-order valence-corrected chi connectivity index (χ3v) is 6.62. The van der Waals surface area contributed by atoms with E-state index < -0.39 is 5.82 Å². The molecule has 35 heavy (non-hydrogen) atoms. The second-order valence-electron chi connectivity index (χ2n) is 8.80. The number of morpholine rings is 1. The molecule has 0 spiro atoms. The van der Waals surface area contributed by atoms with Gasteiger partial charge in [-0.1, -0.05) is 11.6 Å². The number of rotatable bonds is 6. The summed E-state index contributed by atoms with van der Waals surface area (Å²) >= 11 is 6.00. The molecule has 1 aromatic carbocycles. The Kier molecular flexibility index (Phi) is 6.29. The van der Waals surface area contributed by atoms with Crippen molar-refractivity contribution in [1.82, 2.24) is 19.9 Å². The predicted octanol–water partition coefficient (Wildman–Crippen LogP) is 3.85. The first-order chi connectivity index (χ1) is 16.9. The highest BCUT2D eigenvalue weighted by Crippen LogP contribution is 2.36. The maximum Gasteiger partial charge on any atom is 0.263 e. The van der Waals surface area contributed by atoms with Crippen LogP contribution in [0.3, 0.4) is 0 Å². The lowest BCUT2D eigenvalue weighted by Gasteiger charge is -2.34. The van der Waals surface area contributed by atoms with Gasteiger partial charge in [0.05, 0.1) is 23.2 Å². The van der Waals surface area contributed by atoms with Gasteiger partial charge in [-0.2, -0.15) is 0 Å². The average Bonchev–Trinajstić information content (AvgIpc) is 3.67. The maximum atomic E-state index is 15.1. The average molecular weight is 497 g/mol. The summed E-state index contributed by atoms with van der Waals surface area (Å²) in [6.45, 7) is 3.26. The van der Waals surface area contributed by atoms with Gasteiger partial charge in [-0.15, -0.1) is 0 Å². The number of aryl methyl sites for hydroxylation is 1. The molecule has 10 heteroatoms. The molecule has 2 aromatic heterocycles. The summed E-state index contributed by atoms with van der Waals surface area (Å²) < 4.78 is 22.7. The molecule has 1 atom stereocenters. The van der Waals surface area contributed by atoms with Crippen LogP contribution in [-0.2, 0) is 4.74 Å². The molecular formula is C25H26ClFN6O2. The first-order valence-corrected chi connectivity index (χ1v) is 11.9. The Hall–Kier alpha value is -3.30. The lowest BCUT2D eigenvalue weighted by atomic mass is 10.1. The number of aromatic nitrogens is 3. The number of hydrogen-bond donors (Lipinski definition) is 2. The van der Waals surface area contributed by atoms with Crippen LogP contribution in [0, 0.1) is 18.2 Å². The number of halogens is 2. The van der Waals surface area contributed by atoms with Gasteiger partial charge in [0.15, 0.2) is 0 Å². The fraction of sp³-hybridized carbons (Fsp3) is 0.360. The Morgan fingerprint density at radius 3 is 2.80 bits per heavy atom. The van der Waals surface area contributed by atoms with Crippen LogP contribution in [-0.4, -0.2) is 53.6 Å². The van der Waals surface area contributed by atoms with Crippen molar-refractivity contribution in [3.05, 3.63) is 63.1 Å². The summed E-state index contributed by atoms with van der Waals surface area (Å²) in [7, 11) is 1.77. The van der Waals surface area contributed by atoms with Gasteiger partial charge in [0, 0.05) is 60.8 Å². The molecule has 182 valence electrons. The number of fused-ring (bicyclic) bond motifs is 1. The van der Waals surface area contributed by atoms with E-state index in [2.05, 4.69) is 5.32 Å². The van der Waals surface area contributed by atoms with Gasteiger partial charge in [0.2, 0.25) is 0 Å². The standard InChI is InChI=1S/C25H26ClFN6O2/c1-14-30-20-10-22(32-7-8-35-21(13-32)15(11-28)12-29-2)31-24(18-6-3-16(26)9-19(18)27)23(20)25(34)33(14)17-4-5-17/h3,6,9-12,17,21,28-29H,4-5,7-8,13H2,1-2H3/b15-12+,28-11?/t21-/m1/s1. The van der Waals surface area contributed by atoms with Gasteiger partial charge in [0.25, 0.3) is 5.56 Å². The molecule has 1 saturated heterocycles. The zero-order chi connectivity index (χ0) is 24.7. The number of anilines is 1. The molecule has 2 fully saturated rings. The van der Waals surface area contributed by atoms with E-state index in [-0.39, 0.29) is 34.0 Å². The Labute approximate surface area is 206 Å². The maximum absolute atomic E-state index is 15.1. The number of ether oxygens (including phenoxy) is 1. The molecule has 8 nitrogen and oxygen atoms in total. The summed E-state index contributed by atoms with van der Waals surface area (Å²) in [5, 5.41) is 11.2. The molecule has 1 aliphatic heterocycles. The third-order valence-electron chi connectivity index (χ3n) is 6.39. The van der Waals surface area contributed by atoms with Crippen molar-refractivity contribution in [3.8, 4) is 11.3 Å². The van der Waals surface area contributed by atoms with Crippen LogP contribution in [0.2, 0.25) is 5.02 Å². The quantitative estimate of drug-likeness (QED) is 0.503. The van der Waals surface area contributed by atoms with E-state index in [0.717, 1.165) is 12.8 Å². The van der Waals surface area contributed by atoms with Gasteiger partial charge in [0.1, 0.15) is 23.6 Å². The lowest BCUT2D eigenvalue weighted by molar-refractivity contribution is 0.0675. The monoisotopic (exact) mass is 496 g/mol. The van der Waals surface area contributed by atoms with Gasteiger partial charge in [-0.05, 0) is 38.0 Å². The second kappa shape index (κ2) is 9.39. The van der Waals surface area contributed by atoms with E-state index in [0.29, 0.717) is 47.8 Å². The van der Waals surface area contributed by atoms with Crippen LogP contribution in [0.15, 0.2) is 40.8 Å². The molecular weight excluding hydrogens is 471 g/mol. The van der Waals surface area contributed by atoms with Gasteiger partial charge >= 0.3 is 0 Å². The topological polar surface area (TPSA) is 96.1 Å². The van der Waals surface area contributed by atoms with Crippen LogP contribution < -0.4 is 15.8 Å². The number of nitrogens with one attached hydrogen (secondary N) is 2. The molecule has 2 aliphatic rings. The smallest absolute Gasteiger partial charge is 0.263 e. The van der Waals surface area contributed by atoms with Crippen LogP contribution in [0.1, 0.15) is 24.7 Å². The minimum absolute atomic E-state index is 0.125. The zero-order valence-corrected chi connectivity index (χ0v) is 20.3. The molecule has 1 aliphatic carbocycles. The minimum Gasteiger partial charge on any atom is -0.394 e. The highest BCUT2D eigenvalue weighted by Gasteiger charge is 2.30. The summed E-state index contributed by atoms with van der Waals surface area (Å²) in [6, 6.07) is 6.27. The van der Waals surface area contributed by atoms with E-state index in [1.54, 1.807) is 36.0 Å². The van der Waals surface area contributed by atoms with E-state index in [1.807, 2.05) is 11.8 Å². The Bertz CT molecular complexity index is 1400. The van der Waals surface area contributed by atoms with Crippen LogP contribution in [0.25, 0.3) is 22.2 Å². The summed E-state index contributed by atoms with van der Waals surface area (Å²) in [6.07, 6.45) is 4.51. The van der Waals surface area contributed by atoms with E-state index in [4.69, 9.17) is 31.7 Å². The molecule has 3 aromatic rings. The molecule has 0 bridgehead atoms. The number of pyridine rings is 1. The molecule has 0 unspecified atom stereocenters. The van der Waals surface area contributed by atoms with Crippen LogP contribution in [0.5, 0.6) is 0 Å². The van der Waals surface area contributed by atoms with Crippen molar-refractivity contribution in [2.75, 3.05) is 31.6 Å². The first kappa shape index (κ1) is 23.4. The van der Waals surface area contributed by atoms with Gasteiger partial charge < -0.3 is 20.4 Å². The van der Waals surface area contributed by atoms with Gasteiger partial charge in [-0.25, -0.2) is 14.4 Å². The van der Waals surface area contributed by atoms with Crippen molar-refractivity contribution in [1.29, 1.82) is 5.41 Å². The van der Waals surface area contributed by atoms with Crippen molar-refractivity contribution in [3.63, 3.8) is 0 Å². The predicted molar refractivity (Wildman–Crippen MR) is 135 cm³/mol. The molecule has 2 N–H and O–H groups in total. The second-order valence-corrected chi connectivity index (χ2v) is 9.23. The highest BCUT2D eigenvalue weighted by atomic mass is 35.5. The molecule has 5 rings (SSSR count). The molecule has 1 saturated carbocycles. The Morgan fingerprint density at radius 1 is 1.31 bits per heavy atom. The third kappa shape index (κ3) is 4.41. The fourth-order valence-corrected chi connectivity index (χ4v) is 4.73. The molecule has 3 heterocycles. The first-order valence-electron chi connectivity index (χ1n) is 11.5. The SMILES string of the molecule is CN/C=C(\C=N)[C@H]1CN(c2cc3nc(C)n(C4CC4)c(=O)c3c(-c3ccc(Cl)cc3F)n2)CCO1. The van der Waals surface area contributed by atoms with Crippen LogP contribution in [0.4, 0.5) is 10.2 Å². The summed E-state index contributed by atoms with van der Waals surface area (Å²) in [4.78, 5) is 25.2. The normalized spacial score (nSPS) is 18.7. The zero-order valence-electron chi connectivity index (χ0n) is 19.5. The number of hydrogen-bond acceptors (Lipinski definition) is 7. The number of nitrogens with zero attached hydrogens (tertiary/aromatic N) is 4. The minimum atomic E-state index is -0.552. The van der Waals surface area contributed by atoms with Crippen molar-refractivity contribution in [2.24, 2.45) is 0 Å². The summed E-state index contributed by atoms with van der Waals surface area (Å²) in [5.41, 5.74) is 1.41. The number of benzene rings is 1. The van der Waals surface area contributed by atoms with E-state index >= 15 is 4.39 Å². The molecule has 0 radical (unpaired) electrons. The van der Waals surface area contributed by atoms with Crippen molar-refractivity contribution in [2.45, 2.75) is 31.9 Å². The van der Waals surface area contributed by atoms with Crippen molar-refractivity contribution >= 4 is 34.5 Å².